The van der Waals surface area contributed by atoms with Crippen molar-refractivity contribution in [2.75, 3.05) is 0 Å². The number of alkyl halides is 6. The van der Waals surface area contributed by atoms with Crippen molar-refractivity contribution in [3.05, 3.63) is 41.7 Å². The van der Waals surface area contributed by atoms with E-state index in [1.54, 1.807) is 25.1 Å². The number of imidazole rings is 1. The van der Waals surface area contributed by atoms with Gasteiger partial charge in [-0.05, 0) is 49.8 Å². The number of nitrogens with zero attached hydrogens (tertiary/aromatic N) is 4. The van der Waals surface area contributed by atoms with Gasteiger partial charge in [0.25, 0.3) is 5.91 Å². The summed E-state index contributed by atoms with van der Waals surface area (Å²) in [5.41, 5.74) is -0.848. The smallest absolute Gasteiger partial charge is 0.350 e. The number of amides is 2. The van der Waals surface area contributed by atoms with Gasteiger partial charge in [0.05, 0.1) is 35.0 Å². The molecule has 1 fully saturated rings. The van der Waals surface area contributed by atoms with Crippen molar-refractivity contribution in [2.45, 2.75) is 83.9 Å². The molecule has 2 amide bonds. The molecule has 9 nitrogen and oxygen atoms in total. The van der Waals surface area contributed by atoms with Crippen LogP contribution < -0.4 is 10.6 Å². The fourth-order valence-corrected chi connectivity index (χ4v) is 4.32. The minimum atomic E-state index is -4.57. The molecule has 41 heavy (non-hydrogen) atoms. The number of halogens is 6. The first-order valence-electron chi connectivity index (χ1n) is 13.1. The quantitative estimate of drug-likeness (QED) is 0.255. The Kier molecular flexibility index (Phi) is 8.37. The summed E-state index contributed by atoms with van der Waals surface area (Å²) < 4.78 is 80.2. The number of nitrogens with one attached hydrogen (secondary N) is 3. The molecule has 2 heterocycles. The van der Waals surface area contributed by atoms with Crippen molar-refractivity contribution < 1.29 is 35.9 Å². The molecule has 1 aromatic carbocycles. The number of rotatable bonds is 11. The molecule has 0 unspecified atom stereocenters. The number of carbonyl (C=O) groups excluding carboxylic acids is 2. The molecular formula is C26H31F6N7O2. The van der Waals surface area contributed by atoms with Gasteiger partial charge in [0.1, 0.15) is 12.2 Å². The van der Waals surface area contributed by atoms with E-state index in [0.29, 0.717) is 29.1 Å². The van der Waals surface area contributed by atoms with Crippen LogP contribution in [0.15, 0.2) is 24.5 Å². The molecule has 224 valence electrons. The number of benzene rings is 1. The van der Waals surface area contributed by atoms with Crippen LogP contribution in [0.25, 0.3) is 11.0 Å². The summed E-state index contributed by atoms with van der Waals surface area (Å²) in [6.45, 7) is 4.15. The number of hydrogen-bond donors (Lipinski definition) is 3. The highest BCUT2D eigenvalue weighted by molar-refractivity contribution is 5.91. The van der Waals surface area contributed by atoms with Gasteiger partial charge in [0.2, 0.25) is 11.7 Å². The van der Waals surface area contributed by atoms with Crippen molar-refractivity contribution in [1.82, 2.24) is 35.4 Å². The molecule has 0 saturated heterocycles. The molecular weight excluding hydrogens is 556 g/mol. The van der Waals surface area contributed by atoms with E-state index in [9.17, 15) is 35.9 Å². The number of hydrogen-bond acceptors (Lipinski definition) is 5. The van der Waals surface area contributed by atoms with E-state index in [-0.39, 0.29) is 11.6 Å². The number of aromatic amines is 1. The van der Waals surface area contributed by atoms with Gasteiger partial charge in [0.15, 0.2) is 0 Å². The highest BCUT2D eigenvalue weighted by Crippen LogP contribution is 2.43. The monoisotopic (exact) mass is 587 g/mol. The van der Waals surface area contributed by atoms with E-state index in [0.717, 1.165) is 26.7 Å². The molecule has 2 atom stereocenters. The van der Waals surface area contributed by atoms with Crippen molar-refractivity contribution >= 4 is 22.8 Å². The molecule has 4 rings (SSSR count). The highest BCUT2D eigenvalue weighted by Gasteiger charge is 2.49. The number of H-pyrrole nitrogens is 1. The predicted octanol–water partition coefficient (Wildman–Crippen LogP) is 5.53. The van der Waals surface area contributed by atoms with Gasteiger partial charge < -0.3 is 15.6 Å². The molecule has 0 bridgehead atoms. The normalized spacial score (nSPS) is 16.0. The lowest BCUT2D eigenvalue weighted by atomic mass is 9.84. The Morgan fingerprint density at radius 2 is 1.83 bits per heavy atom. The van der Waals surface area contributed by atoms with Crippen LogP contribution in [0, 0.1) is 11.3 Å². The molecule has 0 aliphatic heterocycles. The molecule has 2 aromatic heterocycles. The summed E-state index contributed by atoms with van der Waals surface area (Å²) in [5.74, 6) is -1.02. The summed E-state index contributed by atoms with van der Waals surface area (Å²) >= 11 is 0. The zero-order valence-electron chi connectivity index (χ0n) is 22.7. The van der Waals surface area contributed by atoms with Gasteiger partial charge in [-0.15, -0.1) is 0 Å². The maximum atomic E-state index is 13.8. The summed E-state index contributed by atoms with van der Waals surface area (Å²) in [6, 6.07) is 2.95. The maximum Gasteiger partial charge on any atom is 0.394 e. The minimum absolute atomic E-state index is 0.0137. The molecule has 1 aliphatic rings. The SMILES string of the molecule is C[C@@H](NC(=O)CCC(F)(F)F)c1ccc2nc([C@H](CC(C)(C)C(F)(F)F)NC(=O)c3ncnn3CC3CC3)[nH]c2c1. The number of carbonyl (C=O) groups is 2. The fourth-order valence-electron chi connectivity index (χ4n) is 4.32. The van der Waals surface area contributed by atoms with Gasteiger partial charge in [-0.3, -0.25) is 9.59 Å². The Bertz CT molecular complexity index is 1390. The van der Waals surface area contributed by atoms with Gasteiger partial charge >= 0.3 is 12.4 Å². The zero-order valence-corrected chi connectivity index (χ0v) is 22.7. The second-order valence-corrected chi connectivity index (χ2v) is 11.1. The molecule has 15 heteroatoms. The molecule has 3 N–H and O–H groups in total. The van der Waals surface area contributed by atoms with Crippen LogP contribution in [0.5, 0.6) is 0 Å². The fraction of sp³-hybridized carbons (Fsp3) is 0.577. The van der Waals surface area contributed by atoms with E-state index < -0.39 is 60.9 Å². The largest absolute Gasteiger partial charge is 0.394 e. The standard InChI is InChI=1S/C26H31F6N7O2/c1-14(35-20(40)8-9-25(27,28)29)16-6-7-17-18(10-16)37-21(36-17)19(11-24(2,3)26(30,31)32)38-23(41)22-33-13-34-39(22)12-15-4-5-15/h6-7,10,13-15,19H,4-5,8-9,11-12H2,1-3H3,(H,35,40)(H,36,37)(H,38,41)/t14-,19+/m1/s1. The molecule has 1 aliphatic carbocycles. The molecule has 0 radical (unpaired) electrons. The lowest BCUT2D eigenvalue weighted by Gasteiger charge is -2.31. The zero-order chi connectivity index (χ0) is 30.2. The second-order valence-electron chi connectivity index (χ2n) is 11.1. The highest BCUT2D eigenvalue weighted by atomic mass is 19.4. The molecule has 1 saturated carbocycles. The van der Waals surface area contributed by atoms with Crippen molar-refractivity contribution in [3.8, 4) is 0 Å². The van der Waals surface area contributed by atoms with Crippen LogP contribution in [0.1, 0.15) is 87.0 Å². The third-order valence-corrected chi connectivity index (χ3v) is 7.10. The third kappa shape index (κ3) is 7.76. The second kappa shape index (κ2) is 11.3. The van der Waals surface area contributed by atoms with Gasteiger partial charge in [-0.25, -0.2) is 14.6 Å². The summed E-state index contributed by atoms with van der Waals surface area (Å²) in [7, 11) is 0. The Morgan fingerprint density at radius 1 is 1.12 bits per heavy atom. The van der Waals surface area contributed by atoms with E-state index in [2.05, 4.69) is 30.7 Å². The van der Waals surface area contributed by atoms with Crippen molar-refractivity contribution in [1.29, 1.82) is 0 Å². The van der Waals surface area contributed by atoms with Gasteiger partial charge in [0, 0.05) is 13.0 Å². The van der Waals surface area contributed by atoms with E-state index >= 15 is 0 Å². The Hall–Kier alpha value is -3.65. The van der Waals surface area contributed by atoms with E-state index in [1.807, 2.05) is 0 Å². The first-order valence-corrected chi connectivity index (χ1v) is 13.1. The Balaban J connectivity index is 1.56. The summed E-state index contributed by atoms with van der Waals surface area (Å²) in [6.07, 6.45) is -8.29. The molecule has 0 spiro atoms. The van der Waals surface area contributed by atoms with Crippen molar-refractivity contribution in [3.63, 3.8) is 0 Å². The van der Waals surface area contributed by atoms with Crippen LogP contribution in [0.4, 0.5) is 26.3 Å². The van der Waals surface area contributed by atoms with Crippen LogP contribution in [0.3, 0.4) is 0 Å². The molecule has 3 aromatic rings. The lowest BCUT2D eigenvalue weighted by molar-refractivity contribution is -0.215. The van der Waals surface area contributed by atoms with Gasteiger partial charge in [-0.2, -0.15) is 31.4 Å². The third-order valence-electron chi connectivity index (χ3n) is 7.10. The Labute approximate surface area is 231 Å². The lowest BCUT2D eigenvalue weighted by Crippen LogP contribution is -2.39. The topological polar surface area (TPSA) is 118 Å². The summed E-state index contributed by atoms with van der Waals surface area (Å²) in [4.78, 5) is 36.5. The summed E-state index contributed by atoms with van der Waals surface area (Å²) in [5, 5.41) is 9.22. The van der Waals surface area contributed by atoms with Crippen LogP contribution in [0.2, 0.25) is 0 Å². The van der Waals surface area contributed by atoms with E-state index in [1.165, 1.54) is 11.0 Å². The minimum Gasteiger partial charge on any atom is -0.350 e. The maximum absolute atomic E-state index is 13.8. The average Bonchev–Trinajstić information content (AvgIpc) is 3.37. The van der Waals surface area contributed by atoms with Crippen molar-refractivity contribution in [2.24, 2.45) is 11.3 Å². The predicted molar refractivity (Wildman–Crippen MR) is 135 cm³/mol. The average molecular weight is 588 g/mol. The Morgan fingerprint density at radius 3 is 2.46 bits per heavy atom. The van der Waals surface area contributed by atoms with Crippen LogP contribution in [-0.4, -0.2) is 48.9 Å². The number of aromatic nitrogens is 5. The number of fused-ring (bicyclic) bond motifs is 1. The van der Waals surface area contributed by atoms with E-state index in [4.69, 9.17) is 0 Å². The first-order chi connectivity index (χ1) is 19.0. The van der Waals surface area contributed by atoms with Crippen LogP contribution >= 0.6 is 0 Å². The first kappa shape index (κ1) is 30.3. The van der Waals surface area contributed by atoms with Gasteiger partial charge in [-0.1, -0.05) is 19.9 Å². The van der Waals surface area contributed by atoms with Crippen LogP contribution in [-0.2, 0) is 11.3 Å².